The van der Waals surface area contributed by atoms with Gasteiger partial charge in [-0.25, -0.2) is 14.6 Å². The standard InChI is InChI=1S/C31H33Cl2N5O4.C31H32Cl2N4O4.CH4.Li.2H2O.2H2S/c1-42-30(41)27(38-29(40)28-24(32)14-20(15-25(28)33)18-6-3-2-4-7-18)13-12-22(39)17-36-26-9-5-8-19-10-11-21(16-23(19)26)37-31(34)35;32-24-15-21(19-5-2-1-3-6-19)16-25(33)29(24)30(39)37-27(31(40)41)12-11-22(38)17-36-26-8-4-7-20-10-9-18(13-23(20)26)14-28(34)35;;;;;;/h2-4,6-7,10-11,14-16,26-27,36H,5,8-9,12-13,17H2,1H3,(H,38,40)(H4,34,35,37);1-3,5-6,9-10,13,15-16,26-27,36H,4,7-8,11-12,14,17H2,(H3,34,35)(H,37,39)(H,40,41);1H4;;4*1H2/q;;;+1;;;;/p-1/t2*26?,27-;;;;;;/m00....../s1. The molecule has 89 heavy (non-hydrogen) atoms. The molecule has 2 aliphatic rings. The fraction of sp³-hybridized carbons (Fsp3) is 0.302. The summed E-state index contributed by atoms with van der Waals surface area (Å²) >= 11 is 25.7. The molecule has 0 spiro atoms. The average molecular weight is 1330 g/mol. The second-order valence-corrected chi connectivity index (χ2v) is 21.9. The average Bonchev–Trinajstić information content (AvgIpc) is 2.77. The molecule has 2 unspecified atom stereocenters. The summed E-state index contributed by atoms with van der Waals surface area (Å²) in [6.45, 7) is 0.164. The van der Waals surface area contributed by atoms with Crippen LogP contribution in [0.25, 0.3) is 22.3 Å². The Balaban J connectivity index is 0.000000834. The summed E-state index contributed by atoms with van der Waals surface area (Å²) in [6, 6.07) is 34.8. The van der Waals surface area contributed by atoms with Gasteiger partial charge in [0.15, 0.2) is 5.96 Å². The molecule has 8 rings (SSSR count). The van der Waals surface area contributed by atoms with Gasteiger partial charge >= 0.3 is 30.8 Å². The fourth-order valence-corrected chi connectivity index (χ4v) is 11.5. The summed E-state index contributed by atoms with van der Waals surface area (Å²) in [4.78, 5) is 80.2. The zero-order valence-corrected chi connectivity index (χ0v) is 53.5. The molecule has 0 radical (unpaired) electrons. The van der Waals surface area contributed by atoms with Gasteiger partial charge in [-0.15, -0.1) is 0 Å². The number of nitrogens with two attached hydrogens (primary N) is 3. The van der Waals surface area contributed by atoms with Crippen molar-refractivity contribution in [1.82, 2.24) is 21.3 Å². The number of hydrogen-bond donors (Lipinski definition) is 9. The van der Waals surface area contributed by atoms with Crippen molar-refractivity contribution in [3.63, 3.8) is 0 Å². The van der Waals surface area contributed by atoms with E-state index in [0.717, 1.165) is 77.5 Å². The van der Waals surface area contributed by atoms with Crippen molar-refractivity contribution in [3.8, 4) is 22.3 Å². The number of amides is 2. The van der Waals surface area contributed by atoms with Crippen molar-refractivity contribution < 1.29 is 68.4 Å². The van der Waals surface area contributed by atoms with Crippen LogP contribution in [0.4, 0.5) is 5.69 Å². The number of nitrogens with one attached hydrogen (secondary N) is 5. The maximum Gasteiger partial charge on any atom is 1.00 e. The van der Waals surface area contributed by atoms with Gasteiger partial charge in [-0.05, 0) is 138 Å². The zero-order chi connectivity index (χ0) is 59.7. The number of rotatable bonds is 23. The van der Waals surface area contributed by atoms with Crippen LogP contribution < -0.4 is 57.3 Å². The number of nitrogens with zero attached hydrogens (tertiary/aromatic N) is 1. The zero-order valence-electron chi connectivity index (χ0n) is 48.5. The van der Waals surface area contributed by atoms with E-state index in [9.17, 15) is 33.9 Å². The van der Waals surface area contributed by atoms with Crippen LogP contribution in [-0.2, 0) is 43.2 Å². The molecule has 0 fully saturated rings. The van der Waals surface area contributed by atoms with Gasteiger partial charge in [-0.2, -0.15) is 27.0 Å². The van der Waals surface area contributed by atoms with Crippen LogP contribution >= 0.6 is 73.4 Å². The summed E-state index contributed by atoms with van der Waals surface area (Å²) in [5, 5.41) is 29.5. The summed E-state index contributed by atoms with van der Waals surface area (Å²) in [6.07, 6.45) is 5.91. The van der Waals surface area contributed by atoms with Crippen molar-refractivity contribution >= 4 is 126 Å². The molecule has 15 N–H and O–H groups in total. The first-order chi connectivity index (χ1) is 39.8. The molecule has 0 saturated heterocycles. The number of halogens is 4. The normalized spacial score (nSPS) is 13.9. The third-order valence-corrected chi connectivity index (χ3v) is 15.5. The number of amidine groups is 1. The Kier molecular flexibility index (Phi) is 35.3. The van der Waals surface area contributed by atoms with Crippen LogP contribution in [0, 0.1) is 5.41 Å². The van der Waals surface area contributed by atoms with Crippen molar-refractivity contribution in [1.29, 1.82) is 5.41 Å². The minimum atomic E-state index is -1.29. The van der Waals surface area contributed by atoms with Gasteiger partial charge in [-0.1, -0.05) is 139 Å². The number of aliphatic carboxylic acids is 1. The molecule has 6 aromatic rings. The number of carbonyl (C=O) groups excluding carboxylic acids is 5. The second-order valence-electron chi connectivity index (χ2n) is 20.2. The van der Waals surface area contributed by atoms with Crippen molar-refractivity contribution in [2.24, 2.45) is 22.2 Å². The number of methoxy groups -OCH3 is 1. The summed E-state index contributed by atoms with van der Waals surface area (Å²) in [5.41, 5.74) is 26.0. The van der Waals surface area contributed by atoms with Crippen LogP contribution in [0.3, 0.4) is 0 Å². The smallest absolute Gasteiger partial charge is 0.870 e. The van der Waals surface area contributed by atoms with E-state index in [2.05, 4.69) is 32.3 Å². The fourth-order valence-electron chi connectivity index (χ4n) is 10.2. The van der Waals surface area contributed by atoms with Crippen molar-refractivity contribution in [2.75, 3.05) is 20.2 Å². The molecule has 0 aromatic heterocycles. The maximum absolute atomic E-state index is 13.1. The monoisotopic (exact) mass is 1330 g/mol. The Morgan fingerprint density at radius 3 is 1.46 bits per heavy atom. The molecule has 2 amide bonds. The molecule has 6 aromatic carbocycles. The summed E-state index contributed by atoms with van der Waals surface area (Å²) < 4.78 is 4.88. The third-order valence-electron chi connectivity index (χ3n) is 14.3. The van der Waals surface area contributed by atoms with Gasteiger partial charge in [0.05, 0.1) is 62.9 Å². The Morgan fingerprint density at radius 1 is 0.629 bits per heavy atom. The van der Waals surface area contributed by atoms with Crippen LogP contribution in [-0.4, -0.2) is 95.5 Å². The Hall–Kier alpha value is -6.42. The molecule has 0 bridgehead atoms. The van der Waals surface area contributed by atoms with Gasteiger partial charge in [0.2, 0.25) is 0 Å². The number of carboxylic acids is 1. The molecule has 2 aliphatic carbocycles. The topological polar surface area (TPSA) is 356 Å². The van der Waals surface area contributed by atoms with E-state index >= 15 is 0 Å². The van der Waals surface area contributed by atoms with Crippen molar-refractivity contribution in [3.05, 3.63) is 180 Å². The van der Waals surface area contributed by atoms with E-state index in [-0.39, 0.29) is 170 Å². The van der Waals surface area contributed by atoms with Crippen molar-refractivity contribution in [2.45, 2.75) is 102 Å². The molecule has 0 aliphatic heterocycles. The second kappa shape index (κ2) is 39.0. The third kappa shape index (κ3) is 23.1. The first-order valence-electron chi connectivity index (χ1n) is 27.0. The SMILES string of the molecule is C.COC(=O)[C@H](CCC(=O)CNC1CCCc2ccc(N=C(N)N)cc21)NC(=O)c1c(Cl)cc(-c2ccccc2)cc1Cl.N=C(N)Cc1ccc2c(c1)C(NCC(=O)CC[C@H](NC(=O)c1c(Cl)cc(-c3ccccc3)cc1Cl)C(=O)O)CCC2.O.S.S.[Li+].[OH-]. The number of hydrogen-bond acceptors (Lipinski definition) is 12. The number of aryl methyl sites for hydroxylation is 2. The van der Waals surface area contributed by atoms with Crippen LogP contribution in [0.1, 0.15) is 119 Å². The Bertz CT molecular complexity index is 3380. The summed E-state index contributed by atoms with van der Waals surface area (Å²) in [7, 11) is 1.22. The number of Topliss-reactive ketones (excluding diaryl/α,β-unsaturated/α-hetero) is 2. The molecular weight excluding hydrogens is 1260 g/mol. The minimum Gasteiger partial charge on any atom is -0.870 e. The van der Waals surface area contributed by atoms with E-state index in [1.165, 1.54) is 18.2 Å². The predicted octanol–water partition coefficient (Wildman–Crippen LogP) is 7.06. The van der Waals surface area contributed by atoms with Gasteiger partial charge in [0.1, 0.15) is 23.7 Å². The predicted molar refractivity (Wildman–Crippen MR) is 359 cm³/mol. The van der Waals surface area contributed by atoms with E-state index in [4.69, 9.17) is 73.8 Å². The summed E-state index contributed by atoms with van der Waals surface area (Å²) in [5.74, 6) is -3.51. The van der Waals surface area contributed by atoms with Crippen LogP contribution in [0.5, 0.6) is 0 Å². The maximum atomic E-state index is 13.1. The van der Waals surface area contributed by atoms with Crippen LogP contribution in [0.15, 0.2) is 126 Å². The van der Waals surface area contributed by atoms with Crippen LogP contribution in [0.2, 0.25) is 20.1 Å². The Labute approximate surface area is 564 Å². The Morgan fingerprint density at radius 2 is 1.04 bits per heavy atom. The molecular formula is C63H76Cl4LiN9O10S2. The first-order valence-corrected chi connectivity index (χ1v) is 28.5. The number of ketones is 2. The van der Waals surface area contributed by atoms with Gasteiger partial charge < -0.3 is 59.3 Å². The van der Waals surface area contributed by atoms with Gasteiger partial charge in [0.25, 0.3) is 11.8 Å². The van der Waals surface area contributed by atoms with Gasteiger partial charge in [0, 0.05) is 31.3 Å². The molecule has 26 heteroatoms. The molecule has 4 atom stereocenters. The number of benzene rings is 6. The number of carboxylic acid groups (broad SMARTS) is 1. The van der Waals surface area contributed by atoms with E-state index in [1.807, 2.05) is 91.0 Å². The minimum absolute atomic E-state index is 0. The molecule has 474 valence electrons. The van der Waals surface area contributed by atoms with E-state index < -0.39 is 35.8 Å². The largest absolute Gasteiger partial charge is 1.00 e. The molecule has 19 nitrogen and oxygen atoms in total. The quantitative estimate of drug-likeness (QED) is 0.0134. The molecule has 0 heterocycles. The van der Waals surface area contributed by atoms with E-state index in [1.54, 1.807) is 24.3 Å². The first kappa shape index (κ1) is 80.6. The van der Waals surface area contributed by atoms with E-state index in [0.29, 0.717) is 12.1 Å². The molecule has 0 saturated carbocycles. The van der Waals surface area contributed by atoms with Gasteiger partial charge in [-0.3, -0.25) is 24.6 Å². The number of esters is 1. The number of guanidine groups is 1. The number of ether oxygens (including phenoxy) is 1. The number of aliphatic imine (C=N–C) groups is 1. The number of fused-ring (bicyclic) bond motifs is 2. The number of carbonyl (C=O) groups is 6.